The Hall–Kier alpha value is -1.58. The number of benzene rings is 1. The highest BCUT2D eigenvalue weighted by Gasteiger charge is 2.34. The van der Waals surface area contributed by atoms with Crippen LogP contribution >= 0.6 is 12.4 Å². The molecule has 0 bridgehead atoms. The molecule has 1 aromatic heterocycles. The molecule has 1 aromatic carbocycles. The summed E-state index contributed by atoms with van der Waals surface area (Å²) in [6.07, 6.45) is 3.03. The van der Waals surface area contributed by atoms with Crippen LogP contribution in [-0.2, 0) is 0 Å². The van der Waals surface area contributed by atoms with Crippen molar-refractivity contribution >= 4 is 12.4 Å². The summed E-state index contributed by atoms with van der Waals surface area (Å²) >= 11 is 0. The van der Waals surface area contributed by atoms with E-state index in [4.69, 9.17) is 10.5 Å². The van der Waals surface area contributed by atoms with Crippen molar-refractivity contribution in [2.24, 2.45) is 5.73 Å². The molecule has 2 atom stereocenters. The Balaban J connectivity index is 0.00000147. The fourth-order valence-electron chi connectivity index (χ4n) is 2.41. The minimum atomic E-state index is 0. The first-order valence-corrected chi connectivity index (χ1v) is 6.55. The van der Waals surface area contributed by atoms with E-state index in [1.165, 1.54) is 11.1 Å². The van der Waals surface area contributed by atoms with E-state index in [1.54, 1.807) is 7.11 Å². The molecular weight excluding hydrogens is 272 g/mol. The third-order valence-corrected chi connectivity index (χ3v) is 3.64. The molecule has 0 radical (unpaired) electrons. The molecule has 2 aromatic rings. The van der Waals surface area contributed by atoms with Gasteiger partial charge in [-0.05, 0) is 48.7 Å². The Labute approximate surface area is 125 Å². The van der Waals surface area contributed by atoms with Crippen LogP contribution in [0.15, 0.2) is 36.5 Å². The summed E-state index contributed by atoms with van der Waals surface area (Å²) in [6.45, 7) is 2.06. The Bertz CT molecular complexity index is 598. The van der Waals surface area contributed by atoms with Gasteiger partial charge in [0.2, 0.25) is 0 Å². The molecule has 1 aliphatic rings. The topological polar surface area (TPSA) is 48.1 Å². The second-order valence-corrected chi connectivity index (χ2v) is 5.22. The number of rotatable bonds is 3. The van der Waals surface area contributed by atoms with Crippen LogP contribution in [0.5, 0.6) is 5.75 Å². The smallest absolute Gasteiger partial charge is 0.119 e. The number of aryl methyl sites for hydroxylation is 1. The summed E-state index contributed by atoms with van der Waals surface area (Å²) in [5, 5.41) is 0. The van der Waals surface area contributed by atoms with Gasteiger partial charge in [-0.2, -0.15) is 0 Å². The molecule has 3 nitrogen and oxygen atoms in total. The first-order chi connectivity index (χ1) is 9.17. The van der Waals surface area contributed by atoms with Crippen LogP contribution in [0.1, 0.15) is 23.5 Å². The fraction of sp³-hybridized carbons (Fsp3) is 0.312. The number of methoxy groups -OCH3 is 1. The lowest BCUT2D eigenvalue weighted by molar-refractivity contribution is 0.414. The molecule has 1 saturated carbocycles. The average molecular weight is 291 g/mol. The molecule has 0 unspecified atom stereocenters. The zero-order valence-electron chi connectivity index (χ0n) is 11.7. The highest BCUT2D eigenvalue weighted by atomic mass is 35.5. The van der Waals surface area contributed by atoms with Crippen LogP contribution in [0, 0.1) is 6.92 Å². The number of halogens is 1. The molecule has 106 valence electrons. The number of aromatic nitrogens is 1. The molecule has 1 heterocycles. The minimum absolute atomic E-state index is 0. The Kier molecular flexibility index (Phi) is 4.31. The molecule has 0 amide bonds. The third kappa shape index (κ3) is 2.94. The van der Waals surface area contributed by atoms with E-state index in [0.29, 0.717) is 12.0 Å². The van der Waals surface area contributed by atoms with Gasteiger partial charge in [-0.1, -0.05) is 6.07 Å². The van der Waals surface area contributed by atoms with Crippen LogP contribution < -0.4 is 10.5 Å². The van der Waals surface area contributed by atoms with Gasteiger partial charge in [0.15, 0.2) is 0 Å². The number of nitrogens with two attached hydrogens (primary N) is 1. The normalized spacial score (nSPS) is 20.1. The van der Waals surface area contributed by atoms with Crippen molar-refractivity contribution in [1.82, 2.24) is 4.98 Å². The van der Waals surface area contributed by atoms with Crippen LogP contribution in [0.4, 0.5) is 0 Å². The van der Waals surface area contributed by atoms with Gasteiger partial charge in [-0.3, -0.25) is 4.98 Å². The van der Waals surface area contributed by atoms with Crippen molar-refractivity contribution in [3.8, 4) is 17.0 Å². The molecule has 20 heavy (non-hydrogen) atoms. The maximum atomic E-state index is 5.86. The van der Waals surface area contributed by atoms with Crippen molar-refractivity contribution in [1.29, 1.82) is 0 Å². The van der Waals surface area contributed by atoms with Gasteiger partial charge in [-0.15, -0.1) is 12.4 Å². The summed E-state index contributed by atoms with van der Waals surface area (Å²) in [7, 11) is 1.68. The maximum Gasteiger partial charge on any atom is 0.119 e. The zero-order chi connectivity index (χ0) is 13.4. The molecular formula is C16H19ClN2O. The van der Waals surface area contributed by atoms with E-state index in [1.807, 2.05) is 18.3 Å². The number of hydrogen-bond donors (Lipinski definition) is 1. The second kappa shape index (κ2) is 5.81. The van der Waals surface area contributed by atoms with Crippen LogP contribution in [0.3, 0.4) is 0 Å². The summed E-state index contributed by atoms with van der Waals surface area (Å²) in [5.74, 6) is 1.37. The quantitative estimate of drug-likeness (QED) is 0.943. The van der Waals surface area contributed by atoms with E-state index >= 15 is 0 Å². The first kappa shape index (κ1) is 14.8. The molecule has 1 aliphatic carbocycles. The standard InChI is InChI=1S/C16H18N2O.ClH/c1-10-5-12(7-13(6-10)19-2)16-4-3-11(9-18-16)14-8-15(14)17;/h3-7,9,14-15H,8,17H2,1-2H3;1H/t14-,15+;/m1./s1. The lowest BCUT2D eigenvalue weighted by Gasteiger charge is -2.07. The molecule has 0 spiro atoms. The number of hydrogen-bond acceptors (Lipinski definition) is 3. The molecule has 4 heteroatoms. The molecule has 1 fully saturated rings. The zero-order valence-corrected chi connectivity index (χ0v) is 12.5. The highest BCUT2D eigenvalue weighted by molar-refractivity contribution is 5.85. The Morgan fingerprint density at radius 1 is 1.25 bits per heavy atom. The van der Waals surface area contributed by atoms with E-state index in [0.717, 1.165) is 23.4 Å². The van der Waals surface area contributed by atoms with Crippen LogP contribution in [-0.4, -0.2) is 18.1 Å². The van der Waals surface area contributed by atoms with E-state index < -0.39 is 0 Å². The van der Waals surface area contributed by atoms with Crippen molar-refractivity contribution < 1.29 is 4.74 Å². The largest absolute Gasteiger partial charge is 0.497 e. The summed E-state index contributed by atoms with van der Waals surface area (Å²) in [4.78, 5) is 4.55. The fourth-order valence-corrected chi connectivity index (χ4v) is 2.41. The number of nitrogens with zero attached hydrogens (tertiary/aromatic N) is 1. The van der Waals surface area contributed by atoms with Gasteiger partial charge < -0.3 is 10.5 Å². The lowest BCUT2D eigenvalue weighted by Crippen LogP contribution is -2.01. The van der Waals surface area contributed by atoms with Crippen molar-refractivity contribution in [3.05, 3.63) is 47.7 Å². The van der Waals surface area contributed by atoms with Crippen LogP contribution in [0.25, 0.3) is 11.3 Å². The minimum Gasteiger partial charge on any atom is -0.497 e. The van der Waals surface area contributed by atoms with E-state index in [-0.39, 0.29) is 12.4 Å². The van der Waals surface area contributed by atoms with E-state index in [9.17, 15) is 0 Å². The predicted molar refractivity (Wildman–Crippen MR) is 83.5 cm³/mol. The van der Waals surface area contributed by atoms with Gasteiger partial charge in [0.1, 0.15) is 5.75 Å². The van der Waals surface area contributed by atoms with Crippen molar-refractivity contribution in [3.63, 3.8) is 0 Å². The van der Waals surface area contributed by atoms with Gasteiger partial charge in [-0.25, -0.2) is 0 Å². The Morgan fingerprint density at radius 2 is 2.00 bits per heavy atom. The van der Waals surface area contributed by atoms with E-state index in [2.05, 4.69) is 30.1 Å². The van der Waals surface area contributed by atoms with Gasteiger partial charge >= 0.3 is 0 Å². The summed E-state index contributed by atoms with van der Waals surface area (Å²) in [6, 6.07) is 10.7. The predicted octanol–water partition coefficient (Wildman–Crippen LogP) is 3.30. The third-order valence-electron chi connectivity index (χ3n) is 3.64. The SMILES string of the molecule is COc1cc(C)cc(-c2ccc([C@H]3C[C@@H]3N)cn2)c1.Cl. The van der Waals surface area contributed by atoms with Gasteiger partial charge in [0.05, 0.1) is 12.8 Å². The molecule has 2 N–H and O–H groups in total. The molecule has 0 aliphatic heterocycles. The van der Waals surface area contributed by atoms with Crippen molar-refractivity contribution in [2.75, 3.05) is 7.11 Å². The number of ether oxygens (including phenoxy) is 1. The molecule has 0 saturated heterocycles. The van der Waals surface area contributed by atoms with Crippen molar-refractivity contribution in [2.45, 2.75) is 25.3 Å². The Morgan fingerprint density at radius 3 is 2.55 bits per heavy atom. The monoisotopic (exact) mass is 290 g/mol. The van der Waals surface area contributed by atoms with Gasteiger partial charge in [0.25, 0.3) is 0 Å². The van der Waals surface area contributed by atoms with Crippen LogP contribution in [0.2, 0.25) is 0 Å². The second-order valence-electron chi connectivity index (χ2n) is 5.22. The highest BCUT2D eigenvalue weighted by Crippen LogP contribution is 2.39. The first-order valence-electron chi connectivity index (χ1n) is 6.55. The van der Waals surface area contributed by atoms with Gasteiger partial charge in [0, 0.05) is 23.7 Å². The number of pyridine rings is 1. The summed E-state index contributed by atoms with van der Waals surface area (Å²) < 4.78 is 5.30. The maximum absolute atomic E-state index is 5.86. The summed E-state index contributed by atoms with van der Waals surface area (Å²) in [5.41, 5.74) is 10.3. The average Bonchev–Trinajstić information content (AvgIpc) is 3.15. The lowest BCUT2D eigenvalue weighted by atomic mass is 10.1. The molecule has 3 rings (SSSR count).